The molecular weight excluding hydrogens is 174 g/mol. The number of ketones is 1. The number of nitrogens with zero attached hydrogens (tertiary/aromatic N) is 1. The second-order valence-corrected chi connectivity index (χ2v) is 2.29. The summed E-state index contributed by atoms with van der Waals surface area (Å²) in [5, 5.41) is 8.78. The van der Waals surface area contributed by atoms with Crippen molar-refractivity contribution in [3.8, 4) is 0 Å². The first kappa shape index (κ1) is 9.18. The quantitative estimate of drug-likeness (QED) is 0.396. The van der Waals surface area contributed by atoms with Crippen molar-refractivity contribution in [2.75, 3.05) is 6.61 Å². The lowest BCUT2D eigenvalue weighted by molar-refractivity contribution is -0.754. The number of hydrogen-bond donors (Lipinski definition) is 0. The molecule has 0 aliphatic heterocycles. The molecule has 0 radical (unpaired) electrons. The molecule has 0 unspecified atom stereocenters. The molecule has 1 aromatic carbocycles. The Kier molecular flexibility index (Phi) is 2.97. The number of Topliss-reactive ketones (excluding diaryl/α,β-unsaturated/α-hetero) is 1. The van der Waals surface area contributed by atoms with Crippen LogP contribution >= 0.6 is 0 Å². The van der Waals surface area contributed by atoms with Gasteiger partial charge in [0.15, 0.2) is 12.4 Å². The zero-order valence-corrected chi connectivity index (χ0v) is 6.67. The number of carbonyl (C=O) groups excluding carboxylic acids is 1. The van der Waals surface area contributed by atoms with Crippen LogP contribution in [0.25, 0.3) is 0 Å². The highest BCUT2D eigenvalue weighted by atomic mass is 16.9. The molecule has 0 aromatic heterocycles. The summed E-state index contributed by atoms with van der Waals surface area (Å²) in [6.07, 6.45) is 0. The van der Waals surface area contributed by atoms with Gasteiger partial charge in [-0.05, 0) is 0 Å². The molecule has 0 aliphatic carbocycles. The van der Waals surface area contributed by atoms with Crippen LogP contribution in [0.4, 0.5) is 0 Å². The molecule has 5 nitrogen and oxygen atoms in total. The van der Waals surface area contributed by atoms with E-state index in [0.29, 0.717) is 5.56 Å². The number of benzene rings is 1. The van der Waals surface area contributed by atoms with Crippen molar-refractivity contribution >= 4 is 5.78 Å². The normalized spacial score (nSPS) is 9.23. The lowest BCUT2D eigenvalue weighted by Gasteiger charge is -1.97. The molecule has 0 atom stereocenters. The molecule has 0 spiro atoms. The summed E-state index contributed by atoms with van der Waals surface area (Å²) in [4.78, 5) is 24.8. The standard InChI is InChI=1S/C8H7NO4/c10-8(6-13-9(11)12)7-4-2-1-3-5-7/h1-5H,6H2. The van der Waals surface area contributed by atoms with Gasteiger partial charge in [-0.3, -0.25) is 4.79 Å². The summed E-state index contributed by atoms with van der Waals surface area (Å²) in [5.41, 5.74) is 0.407. The predicted molar refractivity (Wildman–Crippen MR) is 43.7 cm³/mol. The first-order chi connectivity index (χ1) is 6.20. The van der Waals surface area contributed by atoms with Crippen molar-refractivity contribution in [3.63, 3.8) is 0 Å². The Balaban J connectivity index is 2.54. The third kappa shape index (κ3) is 2.90. The highest BCUT2D eigenvalue weighted by Crippen LogP contribution is 1.99. The van der Waals surface area contributed by atoms with Crippen LogP contribution in [0.3, 0.4) is 0 Å². The van der Waals surface area contributed by atoms with E-state index in [1.54, 1.807) is 30.3 Å². The van der Waals surface area contributed by atoms with Gasteiger partial charge < -0.3 is 4.84 Å². The Bertz CT molecular complexity index is 309. The Morgan fingerprint density at radius 1 is 1.38 bits per heavy atom. The average molecular weight is 181 g/mol. The van der Waals surface area contributed by atoms with Crippen LogP contribution in [-0.2, 0) is 4.84 Å². The molecule has 13 heavy (non-hydrogen) atoms. The monoisotopic (exact) mass is 181 g/mol. The molecular formula is C8H7NO4. The summed E-state index contributed by atoms with van der Waals surface area (Å²) in [5.74, 6) is -0.405. The smallest absolute Gasteiger partial charge is 0.294 e. The molecule has 0 saturated carbocycles. The van der Waals surface area contributed by atoms with Gasteiger partial charge in [-0.15, -0.1) is 10.1 Å². The fourth-order valence-electron chi connectivity index (χ4n) is 0.819. The minimum absolute atomic E-state index is 0.405. The van der Waals surface area contributed by atoms with Gasteiger partial charge >= 0.3 is 0 Å². The summed E-state index contributed by atoms with van der Waals surface area (Å²) in [7, 11) is 0. The number of rotatable bonds is 4. The molecule has 0 aliphatic rings. The van der Waals surface area contributed by atoms with Gasteiger partial charge in [-0.25, -0.2) is 0 Å². The van der Waals surface area contributed by atoms with E-state index in [-0.39, 0.29) is 0 Å². The lowest BCUT2D eigenvalue weighted by atomic mass is 10.1. The summed E-state index contributed by atoms with van der Waals surface area (Å²) in [6.45, 7) is -0.531. The van der Waals surface area contributed by atoms with Crippen LogP contribution in [0.2, 0.25) is 0 Å². The second kappa shape index (κ2) is 4.20. The van der Waals surface area contributed by atoms with Gasteiger partial charge in [-0.1, -0.05) is 30.3 Å². The zero-order valence-electron chi connectivity index (χ0n) is 6.67. The van der Waals surface area contributed by atoms with Gasteiger partial charge in [0.1, 0.15) is 0 Å². The van der Waals surface area contributed by atoms with Gasteiger partial charge in [0.2, 0.25) is 0 Å². The van der Waals surface area contributed by atoms with Gasteiger partial charge in [-0.2, -0.15) is 0 Å². The van der Waals surface area contributed by atoms with Crippen molar-refractivity contribution in [3.05, 3.63) is 46.0 Å². The second-order valence-electron chi connectivity index (χ2n) is 2.29. The summed E-state index contributed by atoms with van der Waals surface area (Å²) < 4.78 is 0. The summed E-state index contributed by atoms with van der Waals surface area (Å²) >= 11 is 0. The van der Waals surface area contributed by atoms with Crippen molar-refractivity contribution in [1.82, 2.24) is 0 Å². The van der Waals surface area contributed by atoms with E-state index < -0.39 is 17.5 Å². The third-order valence-corrected chi connectivity index (χ3v) is 1.40. The predicted octanol–water partition coefficient (Wildman–Crippen LogP) is 1.08. The average Bonchev–Trinajstić information content (AvgIpc) is 2.15. The van der Waals surface area contributed by atoms with E-state index in [1.165, 1.54) is 0 Å². The highest BCUT2D eigenvalue weighted by Gasteiger charge is 2.06. The number of hydrogen-bond acceptors (Lipinski definition) is 4. The first-order valence-electron chi connectivity index (χ1n) is 3.55. The molecule has 0 fully saturated rings. The van der Waals surface area contributed by atoms with E-state index in [4.69, 9.17) is 0 Å². The molecule has 0 amide bonds. The first-order valence-corrected chi connectivity index (χ1v) is 3.55. The van der Waals surface area contributed by atoms with E-state index in [1.807, 2.05) is 0 Å². The minimum Gasteiger partial charge on any atom is -0.306 e. The van der Waals surface area contributed by atoms with Crippen LogP contribution in [0.5, 0.6) is 0 Å². The van der Waals surface area contributed by atoms with E-state index in [9.17, 15) is 14.9 Å². The molecule has 1 rings (SSSR count). The Labute approximate surface area is 74.0 Å². The van der Waals surface area contributed by atoms with E-state index in [0.717, 1.165) is 0 Å². The molecule has 68 valence electrons. The zero-order chi connectivity index (χ0) is 9.68. The molecule has 5 heteroatoms. The van der Waals surface area contributed by atoms with Crippen LogP contribution < -0.4 is 0 Å². The maximum Gasteiger partial charge on any atom is 0.294 e. The molecule has 1 aromatic rings. The molecule has 0 N–H and O–H groups in total. The Morgan fingerprint density at radius 2 is 2.00 bits per heavy atom. The van der Waals surface area contributed by atoms with Crippen LogP contribution in [-0.4, -0.2) is 17.5 Å². The number of carbonyl (C=O) groups is 1. The lowest BCUT2D eigenvalue weighted by Crippen LogP contribution is -2.12. The molecule has 0 saturated heterocycles. The van der Waals surface area contributed by atoms with Gasteiger partial charge in [0, 0.05) is 5.56 Å². The van der Waals surface area contributed by atoms with Crippen LogP contribution in [0, 0.1) is 10.1 Å². The largest absolute Gasteiger partial charge is 0.306 e. The molecule has 0 heterocycles. The SMILES string of the molecule is O=C(CO[N+](=O)[O-])c1ccccc1. The third-order valence-electron chi connectivity index (χ3n) is 1.40. The van der Waals surface area contributed by atoms with E-state index in [2.05, 4.69) is 4.84 Å². The fraction of sp³-hybridized carbons (Fsp3) is 0.125. The van der Waals surface area contributed by atoms with Gasteiger partial charge in [0.05, 0.1) is 0 Å². The van der Waals surface area contributed by atoms with E-state index >= 15 is 0 Å². The molecule has 0 bridgehead atoms. The van der Waals surface area contributed by atoms with Crippen molar-refractivity contribution < 1.29 is 14.7 Å². The van der Waals surface area contributed by atoms with Crippen molar-refractivity contribution in [1.29, 1.82) is 0 Å². The topological polar surface area (TPSA) is 69.4 Å². The van der Waals surface area contributed by atoms with Crippen molar-refractivity contribution in [2.45, 2.75) is 0 Å². The van der Waals surface area contributed by atoms with Crippen molar-refractivity contribution in [2.24, 2.45) is 0 Å². The van der Waals surface area contributed by atoms with Gasteiger partial charge in [0.25, 0.3) is 5.09 Å². The maximum absolute atomic E-state index is 11.1. The highest BCUT2D eigenvalue weighted by molar-refractivity contribution is 5.96. The maximum atomic E-state index is 11.1. The van der Waals surface area contributed by atoms with Crippen LogP contribution in [0.1, 0.15) is 10.4 Å². The Hall–Kier alpha value is -1.91. The fourth-order valence-corrected chi connectivity index (χ4v) is 0.819. The summed E-state index contributed by atoms with van der Waals surface area (Å²) in [6, 6.07) is 8.27. The van der Waals surface area contributed by atoms with Crippen LogP contribution in [0.15, 0.2) is 30.3 Å². The minimum atomic E-state index is -0.985. The Morgan fingerprint density at radius 3 is 2.54 bits per heavy atom.